The highest BCUT2D eigenvalue weighted by Crippen LogP contribution is 2.35. The minimum Gasteiger partial charge on any atom is -0.398 e. The molecule has 0 saturated heterocycles. The zero-order chi connectivity index (χ0) is 14.8. The quantitative estimate of drug-likeness (QED) is 0.828. The van der Waals surface area contributed by atoms with E-state index in [1.165, 1.54) is 24.5 Å². The van der Waals surface area contributed by atoms with Crippen molar-refractivity contribution in [2.24, 2.45) is 0 Å². The van der Waals surface area contributed by atoms with Crippen LogP contribution in [-0.4, -0.2) is 16.1 Å². The van der Waals surface area contributed by atoms with Crippen LogP contribution in [0.5, 0.6) is 0 Å². The molecule has 3 N–H and O–H groups in total. The van der Waals surface area contributed by atoms with Crippen LogP contribution in [0.4, 0.5) is 24.5 Å². The lowest BCUT2D eigenvalue weighted by Crippen LogP contribution is -2.14. The topological polar surface area (TPSA) is 80.9 Å². The molecule has 20 heavy (non-hydrogen) atoms. The van der Waals surface area contributed by atoms with Crippen molar-refractivity contribution in [2.45, 2.75) is 6.18 Å². The van der Waals surface area contributed by atoms with Crippen molar-refractivity contribution in [1.82, 2.24) is 10.2 Å². The maximum Gasteiger partial charge on any atom is 0.418 e. The first-order chi connectivity index (χ1) is 9.38. The Hall–Kier alpha value is -2.64. The van der Waals surface area contributed by atoms with E-state index in [0.29, 0.717) is 0 Å². The molecule has 1 aromatic carbocycles. The summed E-state index contributed by atoms with van der Waals surface area (Å²) in [4.78, 5) is 11.8. The number of hydrogen-bond acceptors (Lipinski definition) is 4. The number of anilines is 2. The average molecular weight is 282 g/mol. The summed E-state index contributed by atoms with van der Waals surface area (Å²) in [7, 11) is 0. The standard InChI is InChI=1S/C12H9F3N4O/c13-12(14,15)9-5-8(1-2-10(9)16)19-11(20)7-3-4-17-18-6-7/h1-6H,16H2,(H,19,20). The number of benzene rings is 1. The molecule has 0 saturated carbocycles. The number of nitrogens with two attached hydrogens (primary N) is 1. The first kappa shape index (κ1) is 13.8. The van der Waals surface area contributed by atoms with Gasteiger partial charge in [0, 0.05) is 11.4 Å². The summed E-state index contributed by atoms with van der Waals surface area (Å²) in [6, 6.07) is 4.55. The Bertz CT molecular complexity index is 628. The van der Waals surface area contributed by atoms with Crippen molar-refractivity contribution in [3.8, 4) is 0 Å². The average Bonchev–Trinajstić information content (AvgIpc) is 2.40. The molecule has 0 radical (unpaired) electrons. The van der Waals surface area contributed by atoms with Crippen LogP contribution < -0.4 is 11.1 Å². The van der Waals surface area contributed by atoms with E-state index >= 15 is 0 Å². The summed E-state index contributed by atoms with van der Waals surface area (Å²) in [5, 5.41) is 9.34. The molecule has 0 fully saturated rings. The van der Waals surface area contributed by atoms with Crippen molar-refractivity contribution in [2.75, 3.05) is 11.1 Å². The number of carbonyl (C=O) groups excluding carboxylic acids is 1. The molecule has 0 atom stereocenters. The van der Waals surface area contributed by atoms with Crippen LogP contribution in [0.15, 0.2) is 36.7 Å². The van der Waals surface area contributed by atoms with Crippen molar-refractivity contribution >= 4 is 17.3 Å². The number of nitrogens with zero attached hydrogens (tertiary/aromatic N) is 2. The number of nitrogens with one attached hydrogen (secondary N) is 1. The molecular formula is C12H9F3N4O. The molecule has 8 heteroatoms. The van der Waals surface area contributed by atoms with Gasteiger partial charge in [0.1, 0.15) is 0 Å². The first-order valence-corrected chi connectivity index (χ1v) is 5.42. The van der Waals surface area contributed by atoms with E-state index < -0.39 is 23.3 Å². The van der Waals surface area contributed by atoms with Crippen molar-refractivity contribution < 1.29 is 18.0 Å². The first-order valence-electron chi connectivity index (χ1n) is 5.42. The normalized spacial score (nSPS) is 11.2. The molecule has 0 bridgehead atoms. The van der Waals surface area contributed by atoms with Gasteiger partial charge < -0.3 is 11.1 Å². The van der Waals surface area contributed by atoms with Gasteiger partial charge >= 0.3 is 6.18 Å². The summed E-state index contributed by atoms with van der Waals surface area (Å²) < 4.78 is 38.0. The summed E-state index contributed by atoms with van der Waals surface area (Å²) in [6.07, 6.45) is -2.07. The highest BCUT2D eigenvalue weighted by atomic mass is 19.4. The van der Waals surface area contributed by atoms with Gasteiger partial charge in [-0.25, -0.2) is 0 Å². The molecule has 5 nitrogen and oxygen atoms in total. The van der Waals surface area contributed by atoms with Crippen LogP contribution in [-0.2, 0) is 6.18 Å². The third-order valence-corrected chi connectivity index (χ3v) is 2.46. The zero-order valence-corrected chi connectivity index (χ0v) is 9.98. The number of hydrogen-bond donors (Lipinski definition) is 2. The van der Waals surface area contributed by atoms with Gasteiger partial charge in [0.15, 0.2) is 0 Å². The Labute approximate surface area is 111 Å². The monoisotopic (exact) mass is 282 g/mol. The minimum absolute atomic E-state index is 0.00617. The lowest BCUT2D eigenvalue weighted by molar-refractivity contribution is -0.136. The van der Waals surface area contributed by atoms with Gasteiger partial charge in [0.2, 0.25) is 0 Å². The number of amides is 1. The Morgan fingerprint density at radius 2 is 1.95 bits per heavy atom. The number of aromatic nitrogens is 2. The van der Waals surface area contributed by atoms with Crippen LogP contribution >= 0.6 is 0 Å². The maximum absolute atomic E-state index is 12.7. The van der Waals surface area contributed by atoms with E-state index in [1.54, 1.807) is 0 Å². The SMILES string of the molecule is Nc1ccc(NC(=O)c2ccnnc2)cc1C(F)(F)F. The van der Waals surface area contributed by atoms with E-state index in [9.17, 15) is 18.0 Å². The van der Waals surface area contributed by atoms with Crippen molar-refractivity contribution in [3.05, 3.63) is 47.8 Å². The second-order valence-corrected chi connectivity index (χ2v) is 3.89. The molecule has 0 unspecified atom stereocenters. The Morgan fingerprint density at radius 3 is 2.55 bits per heavy atom. The molecule has 0 aliphatic rings. The molecule has 104 valence electrons. The molecule has 1 heterocycles. The third-order valence-electron chi connectivity index (χ3n) is 2.46. The van der Waals surface area contributed by atoms with E-state index in [1.807, 2.05) is 0 Å². The molecule has 2 rings (SSSR count). The van der Waals surface area contributed by atoms with Crippen molar-refractivity contribution in [1.29, 1.82) is 0 Å². The maximum atomic E-state index is 12.7. The molecule has 2 aromatic rings. The molecule has 0 aliphatic heterocycles. The van der Waals surface area contributed by atoms with Crippen LogP contribution in [0, 0.1) is 0 Å². The minimum atomic E-state index is -4.58. The lowest BCUT2D eigenvalue weighted by Gasteiger charge is -2.12. The summed E-state index contributed by atoms with van der Waals surface area (Å²) in [5.41, 5.74) is 4.05. The Morgan fingerprint density at radius 1 is 1.20 bits per heavy atom. The Balaban J connectivity index is 2.25. The van der Waals surface area contributed by atoms with Crippen LogP contribution in [0.1, 0.15) is 15.9 Å². The molecule has 0 spiro atoms. The van der Waals surface area contributed by atoms with E-state index in [4.69, 9.17) is 5.73 Å². The fraction of sp³-hybridized carbons (Fsp3) is 0.0833. The van der Waals surface area contributed by atoms with Gasteiger partial charge in [-0.1, -0.05) is 0 Å². The molecule has 1 aromatic heterocycles. The second-order valence-electron chi connectivity index (χ2n) is 3.89. The largest absolute Gasteiger partial charge is 0.418 e. The van der Waals surface area contributed by atoms with Gasteiger partial charge in [-0.2, -0.15) is 23.4 Å². The van der Waals surface area contributed by atoms with Gasteiger partial charge in [-0.05, 0) is 24.3 Å². The molecule has 0 aliphatic carbocycles. The van der Waals surface area contributed by atoms with Crippen LogP contribution in [0.3, 0.4) is 0 Å². The number of nitrogen functional groups attached to an aromatic ring is 1. The van der Waals surface area contributed by atoms with Gasteiger partial charge in [-0.3, -0.25) is 4.79 Å². The van der Waals surface area contributed by atoms with E-state index in [0.717, 1.165) is 12.1 Å². The van der Waals surface area contributed by atoms with Crippen LogP contribution in [0.2, 0.25) is 0 Å². The second kappa shape index (κ2) is 5.16. The molecular weight excluding hydrogens is 273 g/mol. The lowest BCUT2D eigenvalue weighted by atomic mass is 10.1. The van der Waals surface area contributed by atoms with Gasteiger partial charge in [-0.15, -0.1) is 0 Å². The van der Waals surface area contributed by atoms with Crippen LogP contribution in [0.25, 0.3) is 0 Å². The van der Waals surface area contributed by atoms with Gasteiger partial charge in [0.05, 0.1) is 23.5 Å². The fourth-order valence-corrected chi connectivity index (χ4v) is 1.51. The highest BCUT2D eigenvalue weighted by Gasteiger charge is 2.33. The molecule has 1 amide bonds. The summed E-state index contributed by atoms with van der Waals surface area (Å²) >= 11 is 0. The highest BCUT2D eigenvalue weighted by molar-refractivity contribution is 6.04. The Kier molecular flexibility index (Phi) is 3.55. The number of rotatable bonds is 2. The van der Waals surface area contributed by atoms with Crippen molar-refractivity contribution in [3.63, 3.8) is 0 Å². The predicted molar refractivity (Wildman–Crippen MR) is 65.8 cm³/mol. The van der Waals surface area contributed by atoms with E-state index in [-0.39, 0.29) is 11.3 Å². The smallest absolute Gasteiger partial charge is 0.398 e. The zero-order valence-electron chi connectivity index (χ0n) is 9.98. The van der Waals surface area contributed by atoms with Gasteiger partial charge in [0.25, 0.3) is 5.91 Å². The number of carbonyl (C=O) groups is 1. The predicted octanol–water partition coefficient (Wildman–Crippen LogP) is 2.33. The summed E-state index contributed by atoms with van der Waals surface area (Å²) in [6.45, 7) is 0. The summed E-state index contributed by atoms with van der Waals surface area (Å²) in [5.74, 6) is -0.585. The fourth-order valence-electron chi connectivity index (χ4n) is 1.51. The third kappa shape index (κ3) is 3.02. The number of alkyl halides is 3. The van der Waals surface area contributed by atoms with E-state index in [2.05, 4.69) is 15.5 Å². The number of halogens is 3.